The number of halogens is 2. The summed E-state index contributed by atoms with van der Waals surface area (Å²) in [6.07, 6.45) is 3.18. The SMILES string of the molecule is Cc1c[n+]([O-])c(Cn2ncc3c(Br)nc(N)nc32)c(C)c1Br. The number of hydrogen-bond acceptors (Lipinski definition) is 5. The van der Waals surface area contributed by atoms with Gasteiger partial charge in [0.15, 0.2) is 11.8 Å². The van der Waals surface area contributed by atoms with Gasteiger partial charge in [0, 0.05) is 15.6 Å². The van der Waals surface area contributed by atoms with E-state index < -0.39 is 0 Å². The van der Waals surface area contributed by atoms with Gasteiger partial charge in [-0.1, -0.05) is 0 Å². The highest BCUT2D eigenvalue weighted by atomic mass is 79.9. The summed E-state index contributed by atoms with van der Waals surface area (Å²) in [7, 11) is 0. The quantitative estimate of drug-likeness (QED) is 0.384. The van der Waals surface area contributed by atoms with Crippen molar-refractivity contribution in [2.75, 3.05) is 5.73 Å². The number of aromatic nitrogens is 5. The van der Waals surface area contributed by atoms with Crippen molar-refractivity contribution in [2.24, 2.45) is 0 Å². The maximum absolute atomic E-state index is 12.2. The fourth-order valence-electron chi connectivity index (χ4n) is 2.28. The predicted octanol–water partition coefficient (Wildman–Crippen LogP) is 2.23. The van der Waals surface area contributed by atoms with Crippen molar-refractivity contribution in [2.45, 2.75) is 20.4 Å². The molecule has 0 aliphatic carbocycles. The molecule has 0 unspecified atom stereocenters. The van der Waals surface area contributed by atoms with E-state index in [2.05, 4.69) is 46.9 Å². The molecule has 0 aromatic carbocycles. The van der Waals surface area contributed by atoms with Crippen LogP contribution in [-0.4, -0.2) is 19.7 Å². The molecule has 3 rings (SSSR count). The van der Waals surface area contributed by atoms with Crippen LogP contribution < -0.4 is 10.5 Å². The third kappa shape index (κ3) is 2.44. The fraction of sp³-hybridized carbons (Fsp3) is 0.231. The average Bonchev–Trinajstić information content (AvgIpc) is 2.84. The second-order valence-electron chi connectivity index (χ2n) is 4.94. The van der Waals surface area contributed by atoms with E-state index in [0.717, 1.165) is 25.7 Å². The van der Waals surface area contributed by atoms with Gasteiger partial charge in [-0.2, -0.15) is 14.8 Å². The molecule has 7 nitrogen and oxygen atoms in total. The van der Waals surface area contributed by atoms with Crippen LogP contribution in [0.3, 0.4) is 0 Å². The Morgan fingerprint density at radius 3 is 2.77 bits per heavy atom. The Hall–Kier alpha value is -1.74. The Labute approximate surface area is 143 Å². The van der Waals surface area contributed by atoms with E-state index in [9.17, 15) is 5.21 Å². The van der Waals surface area contributed by atoms with Crippen LogP contribution in [0.25, 0.3) is 11.0 Å². The lowest BCUT2D eigenvalue weighted by Crippen LogP contribution is -2.34. The molecule has 114 valence electrons. The number of nitrogens with two attached hydrogens (primary N) is 1. The number of nitrogens with zero attached hydrogens (tertiary/aromatic N) is 5. The van der Waals surface area contributed by atoms with Crippen molar-refractivity contribution in [1.82, 2.24) is 19.7 Å². The summed E-state index contributed by atoms with van der Waals surface area (Å²) in [6, 6.07) is 0. The van der Waals surface area contributed by atoms with E-state index >= 15 is 0 Å². The third-order valence-corrected chi connectivity index (χ3v) is 5.28. The highest BCUT2D eigenvalue weighted by Crippen LogP contribution is 2.24. The van der Waals surface area contributed by atoms with Crippen LogP contribution in [-0.2, 0) is 6.54 Å². The molecular formula is C13H12Br2N6O. The number of nitrogen functional groups attached to an aromatic ring is 1. The van der Waals surface area contributed by atoms with Crippen LogP contribution in [0.2, 0.25) is 0 Å². The van der Waals surface area contributed by atoms with Gasteiger partial charge in [-0.15, -0.1) is 0 Å². The maximum atomic E-state index is 12.2. The third-order valence-electron chi connectivity index (χ3n) is 3.45. The van der Waals surface area contributed by atoms with Gasteiger partial charge in [-0.05, 0) is 45.7 Å². The Morgan fingerprint density at radius 1 is 1.32 bits per heavy atom. The molecule has 9 heteroatoms. The number of anilines is 1. The first-order valence-electron chi connectivity index (χ1n) is 6.40. The van der Waals surface area contributed by atoms with Crippen LogP contribution in [0.1, 0.15) is 16.8 Å². The second-order valence-corrected chi connectivity index (χ2v) is 6.48. The van der Waals surface area contributed by atoms with Crippen molar-refractivity contribution in [3.8, 4) is 0 Å². The first-order chi connectivity index (χ1) is 10.4. The van der Waals surface area contributed by atoms with E-state index in [0.29, 0.717) is 22.5 Å². The molecule has 0 spiro atoms. The van der Waals surface area contributed by atoms with Crippen molar-refractivity contribution in [3.63, 3.8) is 0 Å². The first kappa shape index (κ1) is 15.2. The van der Waals surface area contributed by atoms with Gasteiger partial charge < -0.3 is 10.9 Å². The molecule has 0 radical (unpaired) electrons. The number of pyridine rings is 1. The van der Waals surface area contributed by atoms with E-state index in [-0.39, 0.29) is 5.95 Å². The average molecular weight is 428 g/mol. The van der Waals surface area contributed by atoms with Gasteiger partial charge in [0.05, 0.1) is 11.6 Å². The smallest absolute Gasteiger partial charge is 0.223 e. The molecule has 0 bridgehead atoms. The molecule has 0 fully saturated rings. The molecule has 0 aliphatic rings. The monoisotopic (exact) mass is 426 g/mol. The molecule has 0 amide bonds. The van der Waals surface area contributed by atoms with Crippen LogP contribution in [0, 0.1) is 19.1 Å². The van der Waals surface area contributed by atoms with Gasteiger partial charge in [0.25, 0.3) is 0 Å². The lowest BCUT2D eigenvalue weighted by Gasteiger charge is -2.11. The van der Waals surface area contributed by atoms with Crippen molar-refractivity contribution >= 4 is 48.8 Å². The molecular weight excluding hydrogens is 416 g/mol. The maximum Gasteiger partial charge on any atom is 0.223 e. The van der Waals surface area contributed by atoms with Crippen molar-refractivity contribution < 1.29 is 4.73 Å². The van der Waals surface area contributed by atoms with Gasteiger partial charge in [0.2, 0.25) is 11.6 Å². The van der Waals surface area contributed by atoms with Gasteiger partial charge in [0.1, 0.15) is 11.1 Å². The van der Waals surface area contributed by atoms with E-state index in [1.54, 1.807) is 10.9 Å². The highest BCUT2D eigenvalue weighted by molar-refractivity contribution is 9.10. The molecule has 0 saturated carbocycles. The van der Waals surface area contributed by atoms with Crippen LogP contribution in [0.15, 0.2) is 21.5 Å². The van der Waals surface area contributed by atoms with E-state index in [4.69, 9.17) is 5.73 Å². The molecule has 22 heavy (non-hydrogen) atoms. The predicted molar refractivity (Wildman–Crippen MR) is 89.1 cm³/mol. The Kier molecular flexibility index (Phi) is 3.77. The molecule has 2 N–H and O–H groups in total. The molecule has 0 atom stereocenters. The van der Waals surface area contributed by atoms with Crippen LogP contribution >= 0.6 is 31.9 Å². The minimum absolute atomic E-state index is 0.151. The Bertz CT molecular complexity index is 892. The zero-order valence-electron chi connectivity index (χ0n) is 11.8. The van der Waals surface area contributed by atoms with Gasteiger partial charge in [-0.3, -0.25) is 0 Å². The zero-order valence-corrected chi connectivity index (χ0v) is 15.0. The normalized spacial score (nSPS) is 11.3. The van der Waals surface area contributed by atoms with Crippen molar-refractivity contribution in [1.29, 1.82) is 0 Å². The van der Waals surface area contributed by atoms with Gasteiger partial charge in [-0.25, -0.2) is 9.67 Å². The number of fused-ring (bicyclic) bond motifs is 1. The number of hydrogen-bond donors (Lipinski definition) is 1. The van der Waals surface area contributed by atoms with Crippen LogP contribution in [0.5, 0.6) is 0 Å². The summed E-state index contributed by atoms with van der Waals surface area (Å²) in [6.45, 7) is 4.07. The standard InChI is InChI=1S/C13H12Br2N6O/c1-6-4-21(22)9(7(2)10(6)14)5-20-12-8(3-17-20)11(15)18-13(16)19-12/h3-4H,5H2,1-2H3,(H2,16,18,19). The lowest BCUT2D eigenvalue weighted by molar-refractivity contribution is -0.615. The van der Waals surface area contributed by atoms with Crippen LogP contribution in [0.4, 0.5) is 5.95 Å². The molecule has 3 aromatic rings. The molecule has 0 saturated heterocycles. The summed E-state index contributed by atoms with van der Waals surface area (Å²) in [5, 5.41) is 17.2. The first-order valence-corrected chi connectivity index (χ1v) is 7.99. The summed E-state index contributed by atoms with van der Waals surface area (Å²) in [5.74, 6) is 0.151. The topological polar surface area (TPSA) is 96.6 Å². The second kappa shape index (κ2) is 5.47. The number of rotatable bonds is 2. The number of aryl methyl sites for hydroxylation is 1. The highest BCUT2D eigenvalue weighted by Gasteiger charge is 2.19. The molecule has 3 heterocycles. The van der Waals surface area contributed by atoms with E-state index in [1.165, 1.54) is 6.20 Å². The Balaban J connectivity index is 2.14. The lowest BCUT2D eigenvalue weighted by atomic mass is 10.1. The Morgan fingerprint density at radius 2 is 2.05 bits per heavy atom. The largest absolute Gasteiger partial charge is 0.618 e. The minimum Gasteiger partial charge on any atom is -0.618 e. The summed E-state index contributed by atoms with van der Waals surface area (Å²) >= 11 is 6.84. The minimum atomic E-state index is 0.151. The summed E-state index contributed by atoms with van der Waals surface area (Å²) in [5.41, 5.74) is 8.61. The molecule has 3 aromatic heterocycles. The molecule has 0 aliphatic heterocycles. The zero-order chi connectivity index (χ0) is 16.0. The van der Waals surface area contributed by atoms with Crippen molar-refractivity contribution in [3.05, 3.63) is 43.5 Å². The summed E-state index contributed by atoms with van der Waals surface area (Å²) < 4.78 is 4.00. The van der Waals surface area contributed by atoms with E-state index in [1.807, 2.05) is 13.8 Å². The fourth-order valence-corrected chi connectivity index (χ4v) is 3.07. The van der Waals surface area contributed by atoms with Gasteiger partial charge >= 0.3 is 0 Å². The summed E-state index contributed by atoms with van der Waals surface area (Å²) in [4.78, 5) is 8.24.